The molecule has 0 unspecified atom stereocenters. The first-order valence-corrected chi connectivity index (χ1v) is 11.1. The van der Waals surface area contributed by atoms with Crippen molar-refractivity contribution in [3.8, 4) is 5.75 Å². The number of rotatable bonds is 4. The Bertz CT molecular complexity index is 1340. The van der Waals surface area contributed by atoms with Gasteiger partial charge in [-0.1, -0.05) is 0 Å². The fraction of sp³-hybridized carbons (Fsp3) is 0.333. The molecule has 1 aromatic carbocycles. The average molecular weight is 473 g/mol. The van der Waals surface area contributed by atoms with Crippen molar-refractivity contribution in [1.29, 1.82) is 0 Å². The maximum absolute atomic E-state index is 15.4. The Morgan fingerprint density at radius 3 is 2.85 bits per heavy atom. The van der Waals surface area contributed by atoms with Crippen molar-refractivity contribution in [1.82, 2.24) is 9.66 Å². The van der Waals surface area contributed by atoms with E-state index in [1.165, 1.54) is 29.1 Å². The van der Waals surface area contributed by atoms with Crippen molar-refractivity contribution in [2.24, 2.45) is 0 Å². The molecule has 2 aromatic heterocycles. The highest BCUT2D eigenvalue weighted by atomic mass is 32.1. The van der Waals surface area contributed by atoms with Gasteiger partial charge in [0.25, 0.3) is 0 Å². The topological polar surface area (TPSA) is 108 Å². The number of hydrogen-bond donors (Lipinski definition) is 1. The van der Waals surface area contributed by atoms with E-state index < -0.39 is 22.8 Å². The van der Waals surface area contributed by atoms with E-state index in [4.69, 9.17) is 4.74 Å². The molecular weight excluding hydrogens is 453 g/mol. The fourth-order valence-electron chi connectivity index (χ4n) is 4.51. The third kappa shape index (κ3) is 3.28. The minimum absolute atomic E-state index is 0.0381. The molecule has 0 aliphatic carbocycles. The first-order valence-electron chi connectivity index (χ1n) is 10.2. The number of carbonyl (C=O) groups is 2. The van der Waals surface area contributed by atoms with E-state index >= 15 is 4.39 Å². The second kappa shape index (κ2) is 7.73. The van der Waals surface area contributed by atoms with Crippen LogP contribution in [-0.4, -0.2) is 59.6 Å². The smallest absolute Gasteiger partial charge is 0.341 e. The highest BCUT2D eigenvalue weighted by Gasteiger charge is 2.36. The van der Waals surface area contributed by atoms with Crippen LogP contribution in [0.15, 0.2) is 28.6 Å². The van der Waals surface area contributed by atoms with Gasteiger partial charge >= 0.3 is 5.97 Å². The van der Waals surface area contributed by atoms with Crippen LogP contribution < -0.4 is 25.0 Å². The third-order valence-electron chi connectivity index (χ3n) is 5.96. The van der Waals surface area contributed by atoms with Crippen molar-refractivity contribution in [3.63, 3.8) is 0 Å². The van der Waals surface area contributed by atoms with Crippen molar-refractivity contribution in [3.05, 3.63) is 45.4 Å². The first-order chi connectivity index (χ1) is 15.8. The van der Waals surface area contributed by atoms with Gasteiger partial charge in [-0.25, -0.2) is 14.2 Å². The molecule has 2 aliphatic heterocycles. The van der Waals surface area contributed by atoms with Crippen molar-refractivity contribution >= 4 is 44.9 Å². The molecule has 1 fully saturated rings. The number of aromatic nitrogens is 2. The number of thiazole rings is 1. The van der Waals surface area contributed by atoms with Gasteiger partial charge in [0.05, 0.1) is 11.4 Å². The zero-order valence-electron chi connectivity index (χ0n) is 17.8. The summed E-state index contributed by atoms with van der Waals surface area (Å²) in [6, 6.07) is 0.859. The summed E-state index contributed by atoms with van der Waals surface area (Å²) in [6.07, 6.45) is 3.46. The Kier molecular flexibility index (Phi) is 4.96. The average Bonchev–Trinajstić information content (AvgIpc) is 3.44. The van der Waals surface area contributed by atoms with Crippen LogP contribution in [0.2, 0.25) is 0 Å². The number of hydrogen-bond acceptors (Lipinski definition) is 8. The molecule has 4 heterocycles. The lowest BCUT2D eigenvalue weighted by Crippen LogP contribution is -2.42. The molecule has 33 heavy (non-hydrogen) atoms. The number of benzene rings is 1. The maximum atomic E-state index is 15.4. The Hall–Kier alpha value is -3.67. The Balaban J connectivity index is 1.61. The number of pyridine rings is 1. The highest BCUT2D eigenvalue weighted by molar-refractivity contribution is 7.13. The van der Waals surface area contributed by atoms with Gasteiger partial charge in [0, 0.05) is 44.8 Å². The molecule has 0 saturated carbocycles. The molecular formula is C21H20FN5O5S. The van der Waals surface area contributed by atoms with Crippen LogP contribution in [0, 0.1) is 5.82 Å². The number of aromatic carboxylic acids is 1. The lowest BCUT2D eigenvalue weighted by Gasteiger charge is -2.33. The van der Waals surface area contributed by atoms with E-state index in [1.54, 1.807) is 33.4 Å². The third-order valence-corrected chi connectivity index (χ3v) is 6.73. The number of halogens is 1. The summed E-state index contributed by atoms with van der Waals surface area (Å²) < 4.78 is 22.8. The minimum Gasteiger partial charge on any atom is -0.477 e. The van der Waals surface area contributed by atoms with Crippen molar-refractivity contribution in [2.75, 3.05) is 41.7 Å². The molecule has 2 aliphatic rings. The predicted octanol–water partition coefficient (Wildman–Crippen LogP) is 1.84. The summed E-state index contributed by atoms with van der Waals surface area (Å²) in [4.78, 5) is 44.3. The number of carboxylic acid groups (broad SMARTS) is 1. The summed E-state index contributed by atoms with van der Waals surface area (Å²) in [5.74, 6) is -2.03. The van der Waals surface area contributed by atoms with Crippen LogP contribution in [0.3, 0.4) is 0 Å². The molecule has 1 amide bonds. The highest BCUT2D eigenvalue weighted by Crippen LogP contribution is 2.41. The number of nitrogens with zero attached hydrogens (tertiary/aromatic N) is 5. The molecule has 1 N–H and O–H groups in total. The molecule has 172 valence electrons. The van der Waals surface area contributed by atoms with Gasteiger partial charge in [0.1, 0.15) is 16.8 Å². The second-order valence-corrected chi connectivity index (χ2v) is 8.85. The number of anilines is 2. The van der Waals surface area contributed by atoms with Gasteiger partial charge in [-0.3, -0.25) is 24.2 Å². The van der Waals surface area contributed by atoms with E-state index in [0.29, 0.717) is 30.2 Å². The SMILES string of the molecule is CC(=O)N(c1nccs1)[C@@H]1CCN(c2c(F)cc3c(=O)c(C(=O)O)cn4c3c2OCN4C)C1. The van der Waals surface area contributed by atoms with Gasteiger partial charge in [0.15, 0.2) is 23.4 Å². The number of carbonyl (C=O) groups excluding carboxylic acids is 1. The fourth-order valence-corrected chi connectivity index (χ4v) is 5.27. The number of ether oxygens (including phenoxy) is 1. The molecule has 12 heteroatoms. The quantitative estimate of drug-likeness (QED) is 0.612. The van der Waals surface area contributed by atoms with Gasteiger partial charge in [-0.2, -0.15) is 0 Å². The van der Waals surface area contributed by atoms with Crippen LogP contribution >= 0.6 is 11.3 Å². The molecule has 0 radical (unpaired) electrons. The van der Waals surface area contributed by atoms with Crippen LogP contribution in [0.5, 0.6) is 5.75 Å². The van der Waals surface area contributed by atoms with E-state index in [-0.39, 0.29) is 35.5 Å². The molecule has 1 saturated heterocycles. The van der Waals surface area contributed by atoms with Gasteiger partial charge in [-0.05, 0) is 12.5 Å². The summed E-state index contributed by atoms with van der Waals surface area (Å²) >= 11 is 1.36. The van der Waals surface area contributed by atoms with Gasteiger partial charge in [-0.15, -0.1) is 11.3 Å². The van der Waals surface area contributed by atoms with Crippen molar-refractivity contribution < 1.29 is 23.8 Å². The lowest BCUT2D eigenvalue weighted by atomic mass is 10.1. The summed E-state index contributed by atoms with van der Waals surface area (Å²) in [5, 5.41) is 13.3. The largest absolute Gasteiger partial charge is 0.477 e. The molecule has 0 bridgehead atoms. The maximum Gasteiger partial charge on any atom is 0.341 e. The van der Waals surface area contributed by atoms with Crippen LogP contribution in [0.25, 0.3) is 10.9 Å². The normalized spacial score (nSPS) is 17.4. The molecule has 0 spiro atoms. The Morgan fingerprint density at radius 2 is 2.18 bits per heavy atom. The lowest BCUT2D eigenvalue weighted by molar-refractivity contribution is -0.117. The molecule has 5 rings (SSSR count). The predicted molar refractivity (Wildman–Crippen MR) is 121 cm³/mol. The molecule has 3 aromatic rings. The van der Waals surface area contributed by atoms with Gasteiger partial charge in [0.2, 0.25) is 11.3 Å². The standard InChI is InChI=1S/C21H20FN5O5S/c1-11(28)27(21-23-4-6-33-21)12-3-5-25(8-12)17-15(22)7-13-16-19(17)32-10-24(2)26(16)9-14(18(13)29)20(30)31/h4,6-7,9,12H,3,5,8,10H2,1-2H3,(H,30,31)/t12-/m1/s1. The summed E-state index contributed by atoms with van der Waals surface area (Å²) in [6.45, 7) is 2.33. The van der Waals surface area contributed by atoms with Gasteiger partial charge < -0.3 is 14.7 Å². The Labute approximate surface area is 191 Å². The minimum atomic E-state index is -1.38. The van der Waals surface area contributed by atoms with E-state index in [9.17, 15) is 19.5 Å². The van der Waals surface area contributed by atoms with E-state index in [0.717, 1.165) is 6.07 Å². The van der Waals surface area contributed by atoms with E-state index in [2.05, 4.69) is 4.98 Å². The zero-order valence-corrected chi connectivity index (χ0v) is 18.6. The summed E-state index contributed by atoms with van der Waals surface area (Å²) in [7, 11) is 1.67. The van der Waals surface area contributed by atoms with Crippen LogP contribution in [-0.2, 0) is 4.79 Å². The molecule has 10 nitrogen and oxygen atoms in total. The first kappa shape index (κ1) is 21.2. The number of amides is 1. The van der Waals surface area contributed by atoms with E-state index in [1.807, 2.05) is 0 Å². The van der Waals surface area contributed by atoms with Crippen LogP contribution in [0.1, 0.15) is 23.7 Å². The Morgan fingerprint density at radius 1 is 1.39 bits per heavy atom. The number of carboxylic acids is 1. The summed E-state index contributed by atoms with van der Waals surface area (Å²) in [5.41, 5.74) is -0.722. The van der Waals surface area contributed by atoms with Crippen molar-refractivity contribution in [2.45, 2.75) is 19.4 Å². The second-order valence-electron chi connectivity index (χ2n) is 7.98. The van der Waals surface area contributed by atoms with Crippen LogP contribution in [0.4, 0.5) is 15.2 Å². The zero-order chi connectivity index (χ0) is 23.4. The monoisotopic (exact) mass is 473 g/mol. The molecule has 1 atom stereocenters.